The zero-order valence-electron chi connectivity index (χ0n) is 19.7. The van der Waals surface area contributed by atoms with E-state index < -0.39 is 34.4 Å². The number of likely N-dealkylation sites (tertiary alicyclic amines) is 1. The van der Waals surface area contributed by atoms with Crippen LogP contribution in [0.25, 0.3) is 0 Å². The molecule has 0 spiro atoms. The molecule has 4 nitrogen and oxygen atoms in total. The molecular formula is C25H37F3N2O2. The first-order valence-corrected chi connectivity index (χ1v) is 12.0. The van der Waals surface area contributed by atoms with E-state index in [-0.39, 0.29) is 23.3 Å². The van der Waals surface area contributed by atoms with Gasteiger partial charge in [-0.1, -0.05) is 27.4 Å². The molecule has 1 saturated heterocycles. The zero-order valence-corrected chi connectivity index (χ0v) is 19.7. The molecule has 0 radical (unpaired) electrons. The summed E-state index contributed by atoms with van der Waals surface area (Å²) in [6.45, 7) is 9.19. The number of amides is 2. The molecule has 1 aliphatic heterocycles. The highest BCUT2D eigenvalue weighted by molar-refractivity contribution is 5.83. The summed E-state index contributed by atoms with van der Waals surface area (Å²) in [5.74, 6) is -0.514. The lowest BCUT2D eigenvalue weighted by Gasteiger charge is -2.63. The summed E-state index contributed by atoms with van der Waals surface area (Å²) in [5.41, 5.74) is 3.32. The average molecular weight is 455 g/mol. The van der Waals surface area contributed by atoms with Crippen molar-refractivity contribution in [1.82, 2.24) is 4.90 Å². The number of nitrogens with two attached hydrogens (primary N) is 1. The van der Waals surface area contributed by atoms with Crippen LogP contribution in [0.15, 0.2) is 12.2 Å². The van der Waals surface area contributed by atoms with Gasteiger partial charge in [-0.3, -0.25) is 9.59 Å². The number of fused-ring (bicyclic) bond motifs is 5. The third-order valence-corrected chi connectivity index (χ3v) is 10.9. The minimum absolute atomic E-state index is 0.0199. The number of nitrogens with zero attached hydrogens (tertiary/aromatic N) is 1. The van der Waals surface area contributed by atoms with Crippen molar-refractivity contribution in [3.05, 3.63) is 12.2 Å². The second-order valence-electron chi connectivity index (χ2n) is 11.6. The quantitative estimate of drug-likeness (QED) is 0.605. The maximum absolute atomic E-state index is 13.6. The number of rotatable bonds is 3. The summed E-state index contributed by atoms with van der Waals surface area (Å²) in [7, 11) is 1.91. The molecule has 0 aromatic heterocycles. The van der Waals surface area contributed by atoms with Gasteiger partial charge in [-0.05, 0) is 73.5 Å². The van der Waals surface area contributed by atoms with E-state index in [1.165, 1.54) is 6.92 Å². The summed E-state index contributed by atoms with van der Waals surface area (Å²) in [6, 6.07) is 0.223. The second-order valence-corrected chi connectivity index (χ2v) is 11.6. The lowest BCUT2D eigenvalue weighted by atomic mass is 9.43. The van der Waals surface area contributed by atoms with E-state index in [4.69, 9.17) is 5.73 Å². The first-order chi connectivity index (χ1) is 14.7. The van der Waals surface area contributed by atoms with Gasteiger partial charge in [0.05, 0.1) is 5.41 Å². The maximum Gasteiger partial charge on any atom is 0.412 e. The number of alkyl halides is 3. The van der Waals surface area contributed by atoms with Crippen LogP contribution >= 0.6 is 0 Å². The molecule has 0 bridgehead atoms. The van der Waals surface area contributed by atoms with Crippen molar-refractivity contribution in [2.75, 3.05) is 7.05 Å². The molecule has 0 aromatic rings. The van der Waals surface area contributed by atoms with Crippen molar-refractivity contribution in [2.45, 2.75) is 84.4 Å². The maximum atomic E-state index is 13.6. The van der Waals surface area contributed by atoms with Gasteiger partial charge in [0.1, 0.15) is 0 Å². The van der Waals surface area contributed by atoms with Gasteiger partial charge in [-0.2, -0.15) is 13.2 Å². The van der Waals surface area contributed by atoms with Crippen molar-refractivity contribution in [3.8, 4) is 0 Å². The molecule has 4 fully saturated rings. The van der Waals surface area contributed by atoms with Gasteiger partial charge in [0.15, 0.2) is 0 Å². The van der Waals surface area contributed by atoms with Crippen LogP contribution in [0.1, 0.15) is 72.1 Å². The van der Waals surface area contributed by atoms with Gasteiger partial charge >= 0.3 is 6.18 Å². The predicted molar refractivity (Wildman–Crippen MR) is 116 cm³/mol. The van der Waals surface area contributed by atoms with Crippen LogP contribution in [-0.2, 0) is 9.59 Å². The van der Waals surface area contributed by atoms with E-state index >= 15 is 0 Å². The first-order valence-electron chi connectivity index (χ1n) is 12.0. The van der Waals surface area contributed by atoms with Crippen molar-refractivity contribution in [2.24, 2.45) is 45.7 Å². The Kier molecular flexibility index (Phi) is 5.34. The van der Waals surface area contributed by atoms with Crippen molar-refractivity contribution < 1.29 is 22.8 Å². The predicted octanol–water partition coefficient (Wildman–Crippen LogP) is 5.08. The van der Waals surface area contributed by atoms with E-state index in [0.29, 0.717) is 31.1 Å². The van der Waals surface area contributed by atoms with Crippen molar-refractivity contribution in [1.29, 1.82) is 0 Å². The molecule has 4 rings (SSSR count). The zero-order chi connectivity index (χ0) is 23.9. The first kappa shape index (κ1) is 23.6. The molecule has 3 saturated carbocycles. The number of primary amides is 1. The summed E-state index contributed by atoms with van der Waals surface area (Å²) in [6.07, 6.45) is 1.43. The fourth-order valence-corrected chi connectivity index (χ4v) is 9.10. The fourth-order valence-electron chi connectivity index (χ4n) is 9.10. The highest BCUT2D eigenvalue weighted by Gasteiger charge is 2.69. The summed E-state index contributed by atoms with van der Waals surface area (Å²) >= 11 is 0. The third-order valence-electron chi connectivity index (χ3n) is 10.9. The topological polar surface area (TPSA) is 63.4 Å². The van der Waals surface area contributed by atoms with Crippen LogP contribution in [0.5, 0.6) is 0 Å². The molecular weight excluding hydrogens is 417 g/mol. The summed E-state index contributed by atoms with van der Waals surface area (Å²) in [5, 5.41) is 0. The van der Waals surface area contributed by atoms with Crippen LogP contribution in [0, 0.1) is 39.9 Å². The highest BCUT2D eigenvalue weighted by Crippen LogP contribution is 2.72. The Balaban J connectivity index is 1.70. The number of carbonyl (C=O) groups excluding carboxylic acids is 2. The smallest absolute Gasteiger partial charge is 0.369 e. The molecule has 32 heavy (non-hydrogen) atoms. The van der Waals surface area contributed by atoms with Gasteiger partial charge in [0, 0.05) is 31.0 Å². The number of allylic oxidation sites excluding steroid dienone is 1. The van der Waals surface area contributed by atoms with Crippen molar-refractivity contribution in [3.63, 3.8) is 0 Å². The van der Waals surface area contributed by atoms with Gasteiger partial charge in [-0.15, -0.1) is 0 Å². The summed E-state index contributed by atoms with van der Waals surface area (Å²) in [4.78, 5) is 27.2. The van der Waals surface area contributed by atoms with Gasteiger partial charge in [0.2, 0.25) is 11.8 Å². The molecule has 4 aliphatic rings. The molecule has 180 valence electrons. The van der Waals surface area contributed by atoms with E-state index in [1.807, 2.05) is 18.9 Å². The number of hydrogen-bond donors (Lipinski definition) is 1. The van der Waals surface area contributed by atoms with E-state index in [9.17, 15) is 22.8 Å². The van der Waals surface area contributed by atoms with Crippen LogP contribution in [0.3, 0.4) is 0 Å². The second kappa shape index (κ2) is 7.23. The monoisotopic (exact) mass is 454 g/mol. The minimum atomic E-state index is -4.54. The average Bonchev–Trinajstić information content (AvgIpc) is 3.03. The highest BCUT2D eigenvalue weighted by atomic mass is 19.4. The van der Waals surface area contributed by atoms with E-state index in [0.717, 1.165) is 32.1 Å². The Bertz CT molecular complexity index is 842. The largest absolute Gasteiger partial charge is 0.412 e. The molecule has 3 aliphatic carbocycles. The Morgan fingerprint density at radius 2 is 1.75 bits per heavy atom. The van der Waals surface area contributed by atoms with Crippen LogP contribution in [0.4, 0.5) is 13.2 Å². The number of halogens is 3. The molecule has 8 atom stereocenters. The molecule has 7 heteroatoms. The van der Waals surface area contributed by atoms with E-state index in [1.54, 1.807) is 0 Å². The minimum Gasteiger partial charge on any atom is -0.369 e. The normalized spacial score (nSPS) is 45.0. The fraction of sp³-hybridized carbons (Fsp3) is 0.840. The Morgan fingerprint density at radius 3 is 2.34 bits per heavy atom. The Hall–Kier alpha value is -1.53. The Morgan fingerprint density at radius 1 is 1.12 bits per heavy atom. The number of carbonyl (C=O) groups is 2. The van der Waals surface area contributed by atoms with E-state index in [2.05, 4.69) is 13.5 Å². The standard InChI is InChI=1S/C25H37F3N2O2/c1-14(15(2)25(26,27)28)24(21(29)32)13-9-18-16-6-7-19-22(3,11-10-20(31)30(19)5)17(16)8-12-23(18,24)4/h14,16-19H,2,6-13H2,1,3-5H3,(H2,29,32)/t14?,16-,17-,18+,19?,22-,23+,24?/m1/s1. The van der Waals surface area contributed by atoms with Gasteiger partial charge in [0.25, 0.3) is 0 Å². The number of piperidine rings is 1. The summed E-state index contributed by atoms with van der Waals surface area (Å²) < 4.78 is 40.9. The van der Waals surface area contributed by atoms with Crippen LogP contribution in [0.2, 0.25) is 0 Å². The molecule has 2 N–H and O–H groups in total. The third kappa shape index (κ3) is 2.87. The number of hydrogen-bond acceptors (Lipinski definition) is 2. The molecule has 0 aromatic carbocycles. The lowest BCUT2D eigenvalue weighted by Crippen LogP contribution is -2.63. The lowest BCUT2D eigenvalue weighted by molar-refractivity contribution is -0.170. The van der Waals surface area contributed by atoms with Gasteiger partial charge < -0.3 is 10.6 Å². The van der Waals surface area contributed by atoms with Crippen molar-refractivity contribution >= 4 is 11.8 Å². The van der Waals surface area contributed by atoms with Crippen LogP contribution in [-0.4, -0.2) is 36.0 Å². The van der Waals surface area contributed by atoms with Gasteiger partial charge in [-0.25, -0.2) is 0 Å². The molecule has 1 heterocycles. The molecule has 3 unspecified atom stereocenters. The van der Waals surface area contributed by atoms with Crippen LogP contribution < -0.4 is 5.73 Å². The SMILES string of the molecule is C=C(C(C)C1(C(N)=O)CC[C@H]2[C@@H]3CCC4N(C)C(=O)CC[C@]4(C)[C@@H]3CC[C@@]21C)C(F)(F)F. The Labute approximate surface area is 189 Å². The molecule has 2 amide bonds.